The zero-order chi connectivity index (χ0) is 10.4. The van der Waals surface area contributed by atoms with Crippen LogP contribution in [-0.2, 0) is 4.79 Å². The zero-order valence-corrected chi connectivity index (χ0v) is 8.32. The predicted molar refractivity (Wildman–Crippen MR) is 50.5 cm³/mol. The highest BCUT2D eigenvalue weighted by Gasteiger charge is 2.20. The third-order valence-electron chi connectivity index (χ3n) is 1.86. The topological polar surface area (TPSA) is 78.9 Å². The van der Waals surface area contributed by atoms with E-state index >= 15 is 0 Å². The maximum atomic E-state index is 11.5. The van der Waals surface area contributed by atoms with E-state index in [0.717, 1.165) is 6.42 Å². The number of rotatable bonds is 4. The van der Waals surface area contributed by atoms with Crippen molar-refractivity contribution in [1.29, 1.82) is 0 Å². The Kier molecular flexibility index (Phi) is 4.87. The second-order valence-corrected chi connectivity index (χ2v) is 3.01. The number of amidine groups is 1. The second kappa shape index (κ2) is 5.40. The van der Waals surface area contributed by atoms with Gasteiger partial charge < -0.3 is 15.8 Å². The molecule has 0 aliphatic heterocycles. The highest BCUT2D eigenvalue weighted by Crippen LogP contribution is 2.01. The van der Waals surface area contributed by atoms with Crippen LogP contribution in [0.25, 0.3) is 0 Å². The molecule has 5 heteroatoms. The first-order valence-electron chi connectivity index (χ1n) is 4.27. The number of hydrogen-bond acceptors (Lipinski definition) is 3. The maximum Gasteiger partial charge on any atom is 0.232 e. The molecule has 0 rings (SSSR count). The van der Waals surface area contributed by atoms with Crippen molar-refractivity contribution in [3.05, 3.63) is 0 Å². The molecule has 0 radical (unpaired) electrons. The predicted octanol–water partition coefficient (Wildman–Crippen LogP) is 0.237. The Labute approximate surface area is 78.2 Å². The van der Waals surface area contributed by atoms with Gasteiger partial charge >= 0.3 is 0 Å². The first kappa shape index (κ1) is 11.7. The minimum absolute atomic E-state index is 0.0482. The molecule has 0 saturated carbocycles. The van der Waals surface area contributed by atoms with Gasteiger partial charge in [0.05, 0.1) is 5.92 Å². The fourth-order valence-electron chi connectivity index (χ4n) is 0.989. The monoisotopic (exact) mass is 187 g/mol. The molecule has 5 nitrogen and oxygen atoms in total. The van der Waals surface area contributed by atoms with Crippen LogP contribution in [0.2, 0.25) is 0 Å². The number of carbonyl (C=O) groups is 1. The molecule has 0 fully saturated rings. The van der Waals surface area contributed by atoms with Gasteiger partial charge in [-0.3, -0.25) is 4.79 Å². The molecule has 0 aromatic carbocycles. The first-order valence-corrected chi connectivity index (χ1v) is 4.27. The number of nitrogens with zero attached hydrogens (tertiary/aromatic N) is 2. The van der Waals surface area contributed by atoms with Gasteiger partial charge in [-0.05, 0) is 13.3 Å². The molecule has 13 heavy (non-hydrogen) atoms. The van der Waals surface area contributed by atoms with Crippen molar-refractivity contribution in [2.75, 3.05) is 13.6 Å². The van der Waals surface area contributed by atoms with Crippen molar-refractivity contribution in [3.8, 4) is 0 Å². The van der Waals surface area contributed by atoms with E-state index in [1.165, 1.54) is 0 Å². The van der Waals surface area contributed by atoms with Gasteiger partial charge in [0.25, 0.3) is 0 Å². The van der Waals surface area contributed by atoms with Crippen LogP contribution in [0.3, 0.4) is 0 Å². The van der Waals surface area contributed by atoms with Crippen LogP contribution in [0, 0.1) is 5.92 Å². The molecule has 0 heterocycles. The molecule has 0 aliphatic carbocycles. The molecule has 0 aliphatic rings. The third kappa shape index (κ3) is 3.31. The summed E-state index contributed by atoms with van der Waals surface area (Å²) < 4.78 is 0. The van der Waals surface area contributed by atoms with Gasteiger partial charge in [-0.2, -0.15) is 0 Å². The van der Waals surface area contributed by atoms with Crippen LogP contribution < -0.4 is 5.73 Å². The minimum atomic E-state index is -0.554. The van der Waals surface area contributed by atoms with Crippen LogP contribution in [0.1, 0.15) is 20.3 Å². The third-order valence-corrected chi connectivity index (χ3v) is 1.86. The van der Waals surface area contributed by atoms with E-state index in [9.17, 15) is 4.79 Å². The van der Waals surface area contributed by atoms with E-state index < -0.39 is 5.92 Å². The maximum absolute atomic E-state index is 11.5. The lowest BCUT2D eigenvalue weighted by atomic mass is 10.1. The standard InChI is InChI=1S/C8H17N3O2/c1-4-5-11(3)8(12)6(2)7(9)10-13/h6,13H,4-5H2,1-3H3,(H2,9,10). The summed E-state index contributed by atoms with van der Waals surface area (Å²) in [4.78, 5) is 13.1. The van der Waals surface area contributed by atoms with E-state index in [4.69, 9.17) is 10.9 Å². The van der Waals surface area contributed by atoms with Gasteiger partial charge in [0.15, 0.2) is 5.84 Å². The lowest BCUT2D eigenvalue weighted by molar-refractivity contribution is -0.131. The Morgan fingerprint density at radius 1 is 1.69 bits per heavy atom. The van der Waals surface area contributed by atoms with Gasteiger partial charge in [0.2, 0.25) is 5.91 Å². The summed E-state index contributed by atoms with van der Waals surface area (Å²) in [7, 11) is 1.70. The molecular weight excluding hydrogens is 170 g/mol. The summed E-state index contributed by atoms with van der Waals surface area (Å²) in [5.41, 5.74) is 5.30. The minimum Gasteiger partial charge on any atom is -0.409 e. The zero-order valence-electron chi connectivity index (χ0n) is 8.32. The Hall–Kier alpha value is -1.26. The molecule has 1 unspecified atom stereocenters. The van der Waals surface area contributed by atoms with Crippen molar-refractivity contribution >= 4 is 11.7 Å². The average molecular weight is 187 g/mol. The number of hydrogen-bond donors (Lipinski definition) is 2. The summed E-state index contributed by atoms with van der Waals surface area (Å²) in [6, 6.07) is 0. The van der Waals surface area contributed by atoms with Crippen LogP contribution >= 0.6 is 0 Å². The SMILES string of the molecule is CCCN(C)C(=O)C(C)C(N)=NO. The molecule has 3 N–H and O–H groups in total. The van der Waals surface area contributed by atoms with Gasteiger partial charge in [-0.25, -0.2) is 0 Å². The average Bonchev–Trinajstić information content (AvgIpc) is 2.14. The molecule has 76 valence electrons. The van der Waals surface area contributed by atoms with Gasteiger partial charge in [-0.1, -0.05) is 12.1 Å². The molecule has 0 bridgehead atoms. The van der Waals surface area contributed by atoms with Crippen LogP contribution in [0.5, 0.6) is 0 Å². The van der Waals surface area contributed by atoms with E-state index in [1.807, 2.05) is 6.92 Å². The van der Waals surface area contributed by atoms with E-state index in [-0.39, 0.29) is 11.7 Å². The summed E-state index contributed by atoms with van der Waals surface area (Å²) in [6.45, 7) is 4.28. The summed E-state index contributed by atoms with van der Waals surface area (Å²) in [6.07, 6.45) is 0.894. The number of nitrogens with two attached hydrogens (primary N) is 1. The van der Waals surface area contributed by atoms with Gasteiger partial charge in [-0.15, -0.1) is 0 Å². The van der Waals surface area contributed by atoms with Crippen LogP contribution in [-0.4, -0.2) is 35.4 Å². The lowest BCUT2D eigenvalue weighted by Gasteiger charge is -2.19. The quantitative estimate of drug-likeness (QED) is 0.286. The normalized spacial score (nSPS) is 13.9. The van der Waals surface area contributed by atoms with E-state index in [0.29, 0.717) is 6.54 Å². The van der Waals surface area contributed by atoms with Crippen LogP contribution in [0.15, 0.2) is 5.16 Å². The van der Waals surface area contributed by atoms with Crippen molar-refractivity contribution in [3.63, 3.8) is 0 Å². The molecule has 0 aromatic rings. The largest absolute Gasteiger partial charge is 0.409 e. The second-order valence-electron chi connectivity index (χ2n) is 3.01. The smallest absolute Gasteiger partial charge is 0.232 e. The number of carbonyl (C=O) groups excluding carboxylic acids is 1. The molecular formula is C8H17N3O2. The van der Waals surface area contributed by atoms with Crippen molar-refractivity contribution in [2.45, 2.75) is 20.3 Å². The Balaban J connectivity index is 4.25. The van der Waals surface area contributed by atoms with Gasteiger partial charge in [0, 0.05) is 13.6 Å². The number of oxime groups is 1. The Morgan fingerprint density at radius 3 is 2.62 bits per heavy atom. The molecule has 0 spiro atoms. The lowest BCUT2D eigenvalue weighted by Crippen LogP contribution is -2.38. The first-order chi connectivity index (χ1) is 6.04. The Bertz CT molecular complexity index is 204. The summed E-state index contributed by atoms with van der Waals surface area (Å²) in [5.74, 6) is -0.730. The van der Waals surface area contributed by atoms with E-state index in [2.05, 4.69) is 5.16 Å². The molecule has 0 saturated heterocycles. The summed E-state index contributed by atoms with van der Waals surface area (Å²) in [5, 5.41) is 11.2. The van der Waals surface area contributed by atoms with Crippen molar-refractivity contribution in [2.24, 2.45) is 16.8 Å². The molecule has 1 amide bonds. The van der Waals surface area contributed by atoms with Crippen LogP contribution in [0.4, 0.5) is 0 Å². The molecule has 0 aromatic heterocycles. The van der Waals surface area contributed by atoms with Gasteiger partial charge in [0.1, 0.15) is 0 Å². The fraction of sp³-hybridized carbons (Fsp3) is 0.750. The fourth-order valence-corrected chi connectivity index (χ4v) is 0.989. The Morgan fingerprint density at radius 2 is 2.23 bits per heavy atom. The van der Waals surface area contributed by atoms with E-state index in [1.54, 1.807) is 18.9 Å². The van der Waals surface area contributed by atoms with Crippen molar-refractivity contribution < 1.29 is 10.0 Å². The highest BCUT2D eigenvalue weighted by atomic mass is 16.4. The number of amides is 1. The highest BCUT2D eigenvalue weighted by molar-refractivity contribution is 6.01. The van der Waals surface area contributed by atoms with Crippen molar-refractivity contribution in [1.82, 2.24) is 4.90 Å². The summed E-state index contributed by atoms with van der Waals surface area (Å²) >= 11 is 0. The molecule has 1 atom stereocenters.